The fourth-order valence-electron chi connectivity index (χ4n) is 3.22. The van der Waals surface area contributed by atoms with E-state index >= 15 is 0 Å². The number of nitrogens with one attached hydrogen (secondary N) is 2. The molecule has 0 radical (unpaired) electrons. The number of anilines is 1. The van der Waals surface area contributed by atoms with E-state index in [0.29, 0.717) is 18.3 Å². The summed E-state index contributed by atoms with van der Waals surface area (Å²) in [6, 6.07) is 9.31. The lowest BCUT2D eigenvalue weighted by Gasteiger charge is -2.23. The topological polar surface area (TPSA) is 88.0 Å². The van der Waals surface area contributed by atoms with E-state index < -0.39 is 0 Å². The summed E-state index contributed by atoms with van der Waals surface area (Å²) < 4.78 is 1.61. The van der Waals surface area contributed by atoms with Crippen molar-refractivity contribution in [1.29, 1.82) is 0 Å². The lowest BCUT2D eigenvalue weighted by molar-refractivity contribution is -0.131. The van der Waals surface area contributed by atoms with Gasteiger partial charge in [0.15, 0.2) is 0 Å². The summed E-state index contributed by atoms with van der Waals surface area (Å²) in [5, 5.41) is 18.2. The third kappa shape index (κ3) is 3.96. The van der Waals surface area contributed by atoms with Gasteiger partial charge < -0.3 is 15.5 Å². The van der Waals surface area contributed by atoms with E-state index in [0.717, 1.165) is 31.7 Å². The van der Waals surface area contributed by atoms with Crippen molar-refractivity contribution in [3.05, 3.63) is 30.3 Å². The molecule has 8 heteroatoms. The van der Waals surface area contributed by atoms with Crippen LogP contribution < -0.4 is 10.6 Å². The molecule has 134 valence electrons. The van der Waals surface area contributed by atoms with E-state index in [-0.39, 0.29) is 11.9 Å². The van der Waals surface area contributed by atoms with Gasteiger partial charge in [-0.2, -0.15) is 4.68 Å². The minimum absolute atomic E-state index is 0.115. The van der Waals surface area contributed by atoms with Crippen LogP contribution in [0, 0.1) is 5.92 Å². The highest BCUT2D eigenvalue weighted by atomic mass is 16.2. The Morgan fingerprint density at radius 3 is 2.88 bits per heavy atom. The number of hydrogen-bond donors (Lipinski definition) is 2. The Morgan fingerprint density at radius 1 is 1.36 bits per heavy atom. The molecule has 2 atom stereocenters. The van der Waals surface area contributed by atoms with Crippen LogP contribution >= 0.6 is 0 Å². The number of hydrogen-bond acceptors (Lipinski definition) is 6. The fourth-order valence-corrected chi connectivity index (χ4v) is 3.22. The summed E-state index contributed by atoms with van der Waals surface area (Å²) in [6.07, 6.45) is 1.72. The van der Waals surface area contributed by atoms with E-state index in [4.69, 9.17) is 0 Å². The van der Waals surface area contributed by atoms with Crippen molar-refractivity contribution in [2.24, 2.45) is 5.92 Å². The molecule has 1 fully saturated rings. The zero-order chi connectivity index (χ0) is 17.6. The van der Waals surface area contributed by atoms with Gasteiger partial charge in [0.2, 0.25) is 11.9 Å². The van der Waals surface area contributed by atoms with Gasteiger partial charge in [-0.15, -0.1) is 0 Å². The second-order valence-corrected chi connectivity index (χ2v) is 6.35. The first-order valence-corrected chi connectivity index (χ1v) is 8.76. The van der Waals surface area contributed by atoms with Gasteiger partial charge in [0, 0.05) is 13.1 Å². The predicted molar refractivity (Wildman–Crippen MR) is 95.5 cm³/mol. The molecule has 0 bridgehead atoms. The molecule has 1 amide bonds. The summed E-state index contributed by atoms with van der Waals surface area (Å²) in [6.45, 7) is 4.56. The molecule has 2 heterocycles. The van der Waals surface area contributed by atoms with Crippen LogP contribution in [-0.4, -0.2) is 63.7 Å². The molecule has 0 saturated carbocycles. The van der Waals surface area contributed by atoms with E-state index in [9.17, 15) is 4.79 Å². The minimum Gasteiger partial charge on any atom is -0.341 e. The van der Waals surface area contributed by atoms with Crippen LogP contribution in [0.2, 0.25) is 0 Å². The van der Waals surface area contributed by atoms with Gasteiger partial charge in [-0.25, -0.2) is 0 Å². The molecule has 25 heavy (non-hydrogen) atoms. The van der Waals surface area contributed by atoms with Crippen LogP contribution in [0.25, 0.3) is 5.69 Å². The smallest absolute Gasteiger partial charge is 0.248 e. The normalized spacial score (nSPS) is 18.3. The Labute approximate surface area is 147 Å². The Balaban J connectivity index is 1.69. The third-order valence-corrected chi connectivity index (χ3v) is 4.57. The van der Waals surface area contributed by atoms with Gasteiger partial charge in [-0.3, -0.25) is 4.79 Å². The number of benzene rings is 1. The fraction of sp³-hybridized carbons (Fsp3) is 0.529. The minimum atomic E-state index is -0.332. The summed E-state index contributed by atoms with van der Waals surface area (Å²) in [4.78, 5) is 14.8. The van der Waals surface area contributed by atoms with Crippen LogP contribution in [0.5, 0.6) is 0 Å². The molecule has 1 aliphatic rings. The van der Waals surface area contributed by atoms with Crippen molar-refractivity contribution in [2.45, 2.75) is 25.8 Å². The van der Waals surface area contributed by atoms with Crippen LogP contribution in [0.1, 0.15) is 19.8 Å². The number of carbonyl (C=O) groups excluding carboxylic acids is 1. The Bertz CT molecular complexity index is 687. The maximum Gasteiger partial charge on any atom is 0.248 e. The maximum atomic E-state index is 12.9. The first-order chi connectivity index (χ1) is 12.2. The molecule has 1 aromatic carbocycles. The van der Waals surface area contributed by atoms with Crippen LogP contribution in [0.15, 0.2) is 30.3 Å². The highest BCUT2D eigenvalue weighted by molar-refractivity contribution is 5.84. The van der Waals surface area contributed by atoms with Crippen LogP contribution in [0.3, 0.4) is 0 Å². The number of nitrogens with zero attached hydrogens (tertiary/aromatic N) is 5. The maximum absolute atomic E-state index is 12.9. The van der Waals surface area contributed by atoms with Gasteiger partial charge in [-0.1, -0.05) is 30.2 Å². The van der Waals surface area contributed by atoms with Gasteiger partial charge >= 0.3 is 0 Å². The number of carbonyl (C=O) groups is 1. The number of rotatable bonds is 7. The Kier molecular flexibility index (Phi) is 5.60. The number of likely N-dealkylation sites (tertiary alicyclic amines) is 1. The molecule has 1 aliphatic heterocycles. The summed E-state index contributed by atoms with van der Waals surface area (Å²) in [5.41, 5.74) is 0.854. The Morgan fingerprint density at radius 2 is 2.16 bits per heavy atom. The molecule has 2 unspecified atom stereocenters. The summed E-state index contributed by atoms with van der Waals surface area (Å²) in [5.74, 6) is 1.13. The largest absolute Gasteiger partial charge is 0.341 e. The van der Waals surface area contributed by atoms with Crippen molar-refractivity contribution in [2.75, 3.05) is 32.0 Å². The first kappa shape index (κ1) is 17.3. The van der Waals surface area contributed by atoms with Crippen molar-refractivity contribution in [3.8, 4) is 5.69 Å². The number of amides is 1. The van der Waals surface area contributed by atoms with E-state index in [1.54, 1.807) is 4.68 Å². The zero-order valence-electron chi connectivity index (χ0n) is 14.7. The van der Waals surface area contributed by atoms with Crippen LogP contribution in [0.4, 0.5) is 5.95 Å². The third-order valence-electron chi connectivity index (χ3n) is 4.57. The van der Waals surface area contributed by atoms with Crippen molar-refractivity contribution in [1.82, 2.24) is 30.4 Å². The molecule has 3 rings (SSSR count). The second-order valence-electron chi connectivity index (χ2n) is 6.35. The average Bonchev–Trinajstić information content (AvgIpc) is 3.29. The highest BCUT2D eigenvalue weighted by Gasteiger charge is 2.30. The van der Waals surface area contributed by atoms with Crippen molar-refractivity contribution in [3.63, 3.8) is 0 Å². The van der Waals surface area contributed by atoms with E-state index in [1.807, 2.05) is 49.2 Å². The molecule has 8 nitrogen and oxygen atoms in total. The SMILES string of the molecule is CCC(Nc1nnnn1-c1ccccc1)C(=O)N1CCC(CNC)C1. The zero-order valence-corrected chi connectivity index (χ0v) is 14.7. The molecular weight excluding hydrogens is 318 g/mol. The number of tetrazole rings is 1. The van der Waals surface area contributed by atoms with Gasteiger partial charge in [0.05, 0.1) is 5.69 Å². The van der Waals surface area contributed by atoms with E-state index in [1.165, 1.54) is 0 Å². The second kappa shape index (κ2) is 8.06. The van der Waals surface area contributed by atoms with Crippen molar-refractivity contribution >= 4 is 11.9 Å². The monoisotopic (exact) mass is 343 g/mol. The molecule has 2 N–H and O–H groups in total. The number of para-hydroxylation sites is 1. The van der Waals surface area contributed by atoms with E-state index in [2.05, 4.69) is 26.2 Å². The highest BCUT2D eigenvalue weighted by Crippen LogP contribution is 2.19. The summed E-state index contributed by atoms with van der Waals surface area (Å²) in [7, 11) is 1.95. The molecular formula is C17H25N7O. The average molecular weight is 343 g/mol. The van der Waals surface area contributed by atoms with Crippen molar-refractivity contribution < 1.29 is 4.79 Å². The molecule has 1 aromatic heterocycles. The summed E-state index contributed by atoms with van der Waals surface area (Å²) >= 11 is 0. The Hall–Kier alpha value is -2.48. The standard InChI is InChI=1S/C17H25N7O/c1-3-15(16(25)23-10-9-13(12-23)11-18-2)19-17-20-21-22-24(17)14-7-5-4-6-8-14/h4-8,13,15,18H,3,9-12H2,1-2H3,(H,19,20,22). The quantitative estimate of drug-likeness (QED) is 0.777. The lowest BCUT2D eigenvalue weighted by Crippen LogP contribution is -2.42. The van der Waals surface area contributed by atoms with Gasteiger partial charge in [-0.05, 0) is 54.9 Å². The lowest BCUT2D eigenvalue weighted by atomic mass is 10.1. The van der Waals surface area contributed by atoms with Gasteiger partial charge in [0.25, 0.3) is 0 Å². The molecule has 0 spiro atoms. The molecule has 2 aromatic rings. The van der Waals surface area contributed by atoms with Gasteiger partial charge in [0.1, 0.15) is 6.04 Å². The predicted octanol–water partition coefficient (Wildman–Crippen LogP) is 0.921. The molecule has 1 saturated heterocycles. The first-order valence-electron chi connectivity index (χ1n) is 8.76. The van der Waals surface area contributed by atoms with Crippen LogP contribution in [-0.2, 0) is 4.79 Å². The number of aromatic nitrogens is 4. The molecule has 0 aliphatic carbocycles.